The number of hydrogen-bond donors (Lipinski definition) is 0. The van der Waals surface area contributed by atoms with Crippen LogP contribution in [0.5, 0.6) is 0 Å². The molecule has 0 spiro atoms. The molecule has 0 N–H and O–H groups in total. The van der Waals surface area contributed by atoms with Gasteiger partial charge in [0.25, 0.3) is 0 Å². The van der Waals surface area contributed by atoms with E-state index in [1.165, 1.54) is 0 Å². The third-order valence-electron chi connectivity index (χ3n) is 1.73. The molecule has 0 unspecified atom stereocenters. The highest BCUT2D eigenvalue weighted by Gasteiger charge is 1.95. The lowest BCUT2D eigenvalue weighted by Gasteiger charge is -1.98. The Morgan fingerprint density at radius 3 is 2.86 bits per heavy atom. The Balaban J connectivity index is 2.49. The van der Waals surface area contributed by atoms with E-state index in [9.17, 15) is 4.79 Å². The predicted molar refractivity (Wildman–Crippen MR) is 58.9 cm³/mol. The number of halogens is 1. The molecule has 0 aliphatic heterocycles. The number of rotatable bonds is 4. The van der Waals surface area contributed by atoms with Gasteiger partial charge in [-0.1, -0.05) is 29.8 Å². The summed E-state index contributed by atoms with van der Waals surface area (Å²) in [6.07, 6.45) is 2.02. The first-order chi connectivity index (χ1) is 6.70. The molecule has 0 saturated heterocycles. The maximum absolute atomic E-state index is 10.6. The zero-order valence-electron chi connectivity index (χ0n) is 8.03. The van der Waals surface area contributed by atoms with E-state index in [0.29, 0.717) is 18.0 Å². The highest BCUT2D eigenvalue weighted by molar-refractivity contribution is 6.31. The normalized spacial score (nSPS) is 10.7. The van der Waals surface area contributed by atoms with E-state index >= 15 is 0 Å². The number of benzene rings is 1. The van der Waals surface area contributed by atoms with Crippen LogP contribution in [0.4, 0.5) is 0 Å². The quantitative estimate of drug-likeness (QED) is 0.702. The standard InChI is InChI=1S/C11H12ClNO/c1-9(14)6-7-13-8-10-4-2-3-5-11(10)12/h2-5,7H,6,8H2,1H3. The average Bonchev–Trinajstić information content (AvgIpc) is 2.15. The summed E-state index contributed by atoms with van der Waals surface area (Å²) in [4.78, 5) is 14.7. The number of nitrogens with zero attached hydrogens (tertiary/aromatic N) is 1. The van der Waals surface area contributed by atoms with Crippen molar-refractivity contribution in [2.45, 2.75) is 19.9 Å². The number of aliphatic imine (C=N–C) groups is 1. The summed E-state index contributed by atoms with van der Waals surface area (Å²) in [5, 5.41) is 0.715. The largest absolute Gasteiger partial charge is 0.300 e. The maximum Gasteiger partial charge on any atom is 0.135 e. The molecule has 0 aliphatic rings. The minimum atomic E-state index is 0.118. The number of carbonyl (C=O) groups excluding carboxylic acids is 1. The average molecular weight is 210 g/mol. The number of ketones is 1. The third-order valence-corrected chi connectivity index (χ3v) is 2.10. The topological polar surface area (TPSA) is 29.4 Å². The third kappa shape index (κ3) is 3.71. The fourth-order valence-corrected chi connectivity index (χ4v) is 1.18. The van der Waals surface area contributed by atoms with Crippen molar-refractivity contribution in [1.82, 2.24) is 0 Å². The monoisotopic (exact) mass is 209 g/mol. The van der Waals surface area contributed by atoms with Crippen LogP contribution in [0, 0.1) is 0 Å². The van der Waals surface area contributed by atoms with E-state index in [1.54, 1.807) is 13.1 Å². The van der Waals surface area contributed by atoms with Crippen molar-refractivity contribution in [1.29, 1.82) is 0 Å². The van der Waals surface area contributed by atoms with Gasteiger partial charge in [0.1, 0.15) is 5.78 Å². The van der Waals surface area contributed by atoms with Gasteiger partial charge in [0, 0.05) is 17.7 Å². The van der Waals surface area contributed by atoms with Gasteiger partial charge < -0.3 is 0 Å². The lowest BCUT2D eigenvalue weighted by Crippen LogP contribution is -1.90. The lowest BCUT2D eigenvalue weighted by atomic mass is 10.2. The molecule has 0 saturated carbocycles. The molecule has 0 radical (unpaired) electrons. The van der Waals surface area contributed by atoms with Crippen LogP contribution in [0.25, 0.3) is 0 Å². The number of Topliss-reactive ketones (excluding diaryl/α,β-unsaturated/α-hetero) is 1. The van der Waals surface area contributed by atoms with Crippen LogP contribution >= 0.6 is 11.6 Å². The fourth-order valence-electron chi connectivity index (χ4n) is 0.983. The van der Waals surface area contributed by atoms with Crippen LogP contribution < -0.4 is 0 Å². The first kappa shape index (κ1) is 10.9. The second-order valence-corrected chi connectivity index (χ2v) is 3.43. The predicted octanol–water partition coefficient (Wildman–Crippen LogP) is 2.89. The SMILES string of the molecule is CC(=O)CC=NCc1ccccc1Cl. The summed E-state index contributed by atoms with van der Waals surface area (Å²) in [5.74, 6) is 0.118. The van der Waals surface area contributed by atoms with Crippen LogP contribution in [0.3, 0.4) is 0 Å². The Morgan fingerprint density at radius 1 is 1.50 bits per heavy atom. The van der Waals surface area contributed by atoms with Crippen molar-refractivity contribution in [3.05, 3.63) is 34.9 Å². The first-order valence-electron chi connectivity index (χ1n) is 4.41. The van der Waals surface area contributed by atoms with E-state index in [4.69, 9.17) is 11.6 Å². The highest BCUT2D eigenvalue weighted by Crippen LogP contribution is 2.15. The smallest absolute Gasteiger partial charge is 0.135 e. The molecular formula is C11H12ClNO. The highest BCUT2D eigenvalue weighted by atomic mass is 35.5. The Bertz CT molecular complexity index is 347. The summed E-state index contributed by atoms with van der Waals surface area (Å²) in [7, 11) is 0. The molecule has 0 fully saturated rings. The van der Waals surface area contributed by atoms with Crippen molar-refractivity contribution in [2.75, 3.05) is 0 Å². The molecular weight excluding hydrogens is 198 g/mol. The molecule has 0 heterocycles. The van der Waals surface area contributed by atoms with Crippen LogP contribution in [0.2, 0.25) is 5.02 Å². The Morgan fingerprint density at radius 2 is 2.21 bits per heavy atom. The van der Waals surface area contributed by atoms with E-state index in [0.717, 1.165) is 5.56 Å². The molecule has 1 aromatic carbocycles. The number of hydrogen-bond acceptors (Lipinski definition) is 2. The fraction of sp³-hybridized carbons (Fsp3) is 0.273. The van der Waals surface area contributed by atoms with Gasteiger partial charge in [0.05, 0.1) is 6.54 Å². The Kier molecular flexibility index (Phi) is 4.33. The summed E-state index contributed by atoms with van der Waals surface area (Å²) in [5.41, 5.74) is 0.981. The second kappa shape index (κ2) is 5.55. The Hall–Kier alpha value is -1.15. The summed E-state index contributed by atoms with van der Waals surface area (Å²) in [6.45, 7) is 2.08. The molecule has 0 aliphatic carbocycles. The molecule has 0 bridgehead atoms. The maximum atomic E-state index is 10.6. The number of carbonyl (C=O) groups is 1. The lowest BCUT2D eigenvalue weighted by molar-refractivity contribution is -0.115. The van der Waals surface area contributed by atoms with Gasteiger partial charge >= 0.3 is 0 Å². The van der Waals surface area contributed by atoms with Crippen LogP contribution in [0.1, 0.15) is 18.9 Å². The van der Waals surface area contributed by atoms with E-state index < -0.39 is 0 Å². The molecule has 74 valence electrons. The zero-order valence-corrected chi connectivity index (χ0v) is 8.79. The van der Waals surface area contributed by atoms with Gasteiger partial charge in [0.2, 0.25) is 0 Å². The van der Waals surface area contributed by atoms with E-state index in [-0.39, 0.29) is 5.78 Å². The van der Waals surface area contributed by atoms with Crippen LogP contribution in [0.15, 0.2) is 29.3 Å². The van der Waals surface area contributed by atoms with Gasteiger partial charge in [-0.25, -0.2) is 0 Å². The molecule has 2 nitrogen and oxygen atoms in total. The summed E-state index contributed by atoms with van der Waals surface area (Å²) in [6, 6.07) is 7.55. The molecule has 1 rings (SSSR count). The molecule has 0 atom stereocenters. The summed E-state index contributed by atoms with van der Waals surface area (Å²) < 4.78 is 0. The van der Waals surface area contributed by atoms with Gasteiger partial charge in [0.15, 0.2) is 0 Å². The van der Waals surface area contributed by atoms with Gasteiger partial charge in [-0.2, -0.15) is 0 Å². The molecule has 1 aromatic rings. The van der Waals surface area contributed by atoms with E-state index in [2.05, 4.69) is 4.99 Å². The van der Waals surface area contributed by atoms with Crippen molar-refractivity contribution in [3.63, 3.8) is 0 Å². The minimum absolute atomic E-state index is 0.118. The molecule has 3 heteroatoms. The van der Waals surface area contributed by atoms with Crippen molar-refractivity contribution in [3.8, 4) is 0 Å². The van der Waals surface area contributed by atoms with Crippen molar-refractivity contribution >= 4 is 23.6 Å². The molecule has 14 heavy (non-hydrogen) atoms. The minimum Gasteiger partial charge on any atom is -0.300 e. The van der Waals surface area contributed by atoms with Crippen molar-refractivity contribution < 1.29 is 4.79 Å². The summed E-state index contributed by atoms with van der Waals surface area (Å²) >= 11 is 5.92. The Labute approximate surface area is 88.6 Å². The van der Waals surface area contributed by atoms with E-state index in [1.807, 2.05) is 24.3 Å². The second-order valence-electron chi connectivity index (χ2n) is 3.02. The van der Waals surface area contributed by atoms with Crippen LogP contribution in [-0.4, -0.2) is 12.0 Å². The van der Waals surface area contributed by atoms with Gasteiger partial charge in [-0.15, -0.1) is 0 Å². The van der Waals surface area contributed by atoms with Crippen LogP contribution in [-0.2, 0) is 11.3 Å². The van der Waals surface area contributed by atoms with Crippen molar-refractivity contribution in [2.24, 2.45) is 4.99 Å². The van der Waals surface area contributed by atoms with Gasteiger partial charge in [-0.05, 0) is 18.6 Å². The van der Waals surface area contributed by atoms with Gasteiger partial charge in [-0.3, -0.25) is 9.79 Å². The first-order valence-corrected chi connectivity index (χ1v) is 4.79. The molecule has 0 amide bonds. The zero-order chi connectivity index (χ0) is 10.4. The molecule has 0 aromatic heterocycles.